The molecule has 1 aliphatic rings. The molecule has 1 aromatic rings. The van der Waals surface area contributed by atoms with Crippen molar-refractivity contribution in [1.82, 2.24) is 9.55 Å². The first-order valence-electron chi connectivity index (χ1n) is 5.87. The molecule has 1 fully saturated rings. The van der Waals surface area contributed by atoms with Gasteiger partial charge in [0.2, 0.25) is 0 Å². The molecule has 0 bridgehead atoms. The molecule has 1 atom stereocenters. The maximum atomic E-state index is 10.4. The van der Waals surface area contributed by atoms with Crippen LogP contribution in [0.5, 0.6) is 0 Å². The Morgan fingerprint density at radius 3 is 2.93 bits per heavy atom. The molecule has 0 aliphatic heterocycles. The van der Waals surface area contributed by atoms with Gasteiger partial charge in [-0.2, -0.15) is 0 Å². The molecule has 1 N–H and O–H groups in total. The number of imidazole rings is 1. The van der Waals surface area contributed by atoms with Crippen LogP contribution < -0.4 is 0 Å². The van der Waals surface area contributed by atoms with Gasteiger partial charge in [-0.25, -0.2) is 4.98 Å². The Labute approximate surface area is 91.1 Å². The van der Waals surface area contributed by atoms with Crippen molar-refractivity contribution in [2.75, 3.05) is 0 Å². The lowest BCUT2D eigenvalue weighted by molar-refractivity contribution is 0.0290. The van der Waals surface area contributed by atoms with Crippen LogP contribution >= 0.6 is 0 Å². The van der Waals surface area contributed by atoms with Gasteiger partial charge in [0.25, 0.3) is 0 Å². The molecule has 0 aromatic carbocycles. The van der Waals surface area contributed by atoms with Crippen LogP contribution in [-0.4, -0.2) is 14.7 Å². The highest BCUT2D eigenvalue weighted by Crippen LogP contribution is 2.40. The summed E-state index contributed by atoms with van der Waals surface area (Å²) in [7, 11) is 0. The summed E-state index contributed by atoms with van der Waals surface area (Å²) in [5.41, 5.74) is -0.750. The van der Waals surface area contributed by atoms with Crippen LogP contribution in [0.25, 0.3) is 0 Å². The third kappa shape index (κ3) is 2.40. The number of nitrogens with zero attached hydrogens (tertiary/aromatic N) is 2. The number of rotatable bonds is 5. The molecule has 3 heteroatoms. The van der Waals surface area contributed by atoms with Crippen LogP contribution in [0.15, 0.2) is 12.4 Å². The Morgan fingerprint density at radius 1 is 1.60 bits per heavy atom. The highest BCUT2D eigenvalue weighted by Gasteiger charge is 2.35. The summed E-state index contributed by atoms with van der Waals surface area (Å²) >= 11 is 0. The van der Waals surface area contributed by atoms with Crippen molar-refractivity contribution in [3.8, 4) is 0 Å². The van der Waals surface area contributed by atoms with E-state index >= 15 is 0 Å². The van der Waals surface area contributed by atoms with Crippen molar-refractivity contribution in [3.63, 3.8) is 0 Å². The Balaban J connectivity index is 2.14. The highest BCUT2D eigenvalue weighted by atomic mass is 16.3. The van der Waals surface area contributed by atoms with E-state index in [1.807, 2.05) is 13.1 Å². The molecule has 0 spiro atoms. The molecule has 84 valence electrons. The molecule has 0 amide bonds. The lowest BCUT2D eigenvalue weighted by atomic mass is 9.98. The van der Waals surface area contributed by atoms with Gasteiger partial charge in [-0.05, 0) is 25.7 Å². The molecule has 3 nitrogen and oxygen atoms in total. The molecule has 1 heterocycles. The van der Waals surface area contributed by atoms with Gasteiger partial charge in [0, 0.05) is 18.9 Å². The van der Waals surface area contributed by atoms with Gasteiger partial charge in [-0.15, -0.1) is 0 Å². The Kier molecular flexibility index (Phi) is 2.83. The van der Waals surface area contributed by atoms with Crippen LogP contribution in [0.2, 0.25) is 0 Å². The normalized spacial score (nSPS) is 20.2. The molecule has 1 unspecified atom stereocenters. The van der Waals surface area contributed by atoms with E-state index in [-0.39, 0.29) is 0 Å². The Bertz CT molecular complexity index is 326. The molecular weight excluding hydrogens is 188 g/mol. The Morgan fingerprint density at radius 2 is 2.33 bits per heavy atom. The zero-order valence-electron chi connectivity index (χ0n) is 9.61. The van der Waals surface area contributed by atoms with Gasteiger partial charge >= 0.3 is 0 Å². The summed E-state index contributed by atoms with van der Waals surface area (Å²) in [6, 6.07) is 0. The standard InChI is InChI=1S/C12H20N2O/c1-3-7-14-8-6-13-11(14)12(2,15)9-10-4-5-10/h6,8,10,15H,3-5,7,9H2,1-2H3. The second-order valence-electron chi connectivity index (χ2n) is 4.87. The minimum Gasteiger partial charge on any atom is -0.382 e. The van der Waals surface area contributed by atoms with E-state index in [0.717, 1.165) is 25.2 Å². The van der Waals surface area contributed by atoms with E-state index in [1.165, 1.54) is 12.8 Å². The van der Waals surface area contributed by atoms with Gasteiger partial charge in [-0.1, -0.05) is 19.8 Å². The quantitative estimate of drug-likeness (QED) is 0.806. The minimum absolute atomic E-state index is 0.715. The highest BCUT2D eigenvalue weighted by molar-refractivity contribution is 5.05. The monoisotopic (exact) mass is 208 g/mol. The summed E-state index contributed by atoms with van der Waals surface area (Å²) in [6.07, 6.45) is 8.21. The van der Waals surface area contributed by atoms with Crippen molar-refractivity contribution < 1.29 is 5.11 Å². The second kappa shape index (κ2) is 3.97. The number of aliphatic hydroxyl groups is 1. The average molecular weight is 208 g/mol. The van der Waals surface area contributed by atoms with Gasteiger partial charge in [0.1, 0.15) is 11.4 Å². The fourth-order valence-electron chi connectivity index (χ4n) is 2.17. The number of hydrogen-bond donors (Lipinski definition) is 1. The summed E-state index contributed by atoms with van der Waals surface area (Å²) in [5, 5.41) is 10.4. The molecule has 1 aliphatic carbocycles. The lowest BCUT2D eigenvalue weighted by Gasteiger charge is -2.23. The maximum Gasteiger partial charge on any atom is 0.140 e. The fraction of sp³-hybridized carbons (Fsp3) is 0.750. The molecule has 1 aromatic heterocycles. The zero-order valence-corrected chi connectivity index (χ0v) is 9.61. The van der Waals surface area contributed by atoms with Crippen molar-refractivity contribution in [3.05, 3.63) is 18.2 Å². The van der Waals surface area contributed by atoms with Crippen LogP contribution in [0.1, 0.15) is 45.4 Å². The number of aromatic nitrogens is 2. The largest absolute Gasteiger partial charge is 0.382 e. The third-order valence-corrected chi connectivity index (χ3v) is 3.04. The maximum absolute atomic E-state index is 10.4. The van der Waals surface area contributed by atoms with Gasteiger partial charge in [-0.3, -0.25) is 0 Å². The third-order valence-electron chi connectivity index (χ3n) is 3.04. The van der Waals surface area contributed by atoms with Gasteiger partial charge in [0.15, 0.2) is 0 Å². The first-order chi connectivity index (χ1) is 7.13. The second-order valence-corrected chi connectivity index (χ2v) is 4.87. The van der Waals surface area contributed by atoms with E-state index in [1.54, 1.807) is 6.20 Å². The number of aryl methyl sites for hydroxylation is 1. The van der Waals surface area contributed by atoms with E-state index in [4.69, 9.17) is 0 Å². The van der Waals surface area contributed by atoms with Crippen LogP contribution in [0.3, 0.4) is 0 Å². The van der Waals surface area contributed by atoms with Crippen molar-refractivity contribution in [1.29, 1.82) is 0 Å². The summed E-state index contributed by atoms with van der Waals surface area (Å²) < 4.78 is 2.07. The van der Waals surface area contributed by atoms with Crippen molar-refractivity contribution in [2.24, 2.45) is 5.92 Å². The Hall–Kier alpha value is -0.830. The van der Waals surface area contributed by atoms with Crippen molar-refractivity contribution in [2.45, 2.75) is 51.7 Å². The lowest BCUT2D eigenvalue weighted by Crippen LogP contribution is -2.26. The molecule has 0 saturated heterocycles. The van der Waals surface area contributed by atoms with E-state index in [9.17, 15) is 5.11 Å². The summed E-state index contributed by atoms with van der Waals surface area (Å²) in [4.78, 5) is 4.30. The molecule has 2 rings (SSSR count). The predicted molar refractivity (Wildman–Crippen MR) is 59.4 cm³/mol. The van der Waals surface area contributed by atoms with Crippen molar-refractivity contribution >= 4 is 0 Å². The number of hydrogen-bond acceptors (Lipinski definition) is 2. The van der Waals surface area contributed by atoms with E-state index in [0.29, 0.717) is 5.92 Å². The summed E-state index contributed by atoms with van der Waals surface area (Å²) in [6.45, 7) is 4.97. The van der Waals surface area contributed by atoms with Crippen LogP contribution in [0.4, 0.5) is 0 Å². The minimum atomic E-state index is -0.750. The van der Waals surface area contributed by atoms with E-state index in [2.05, 4.69) is 16.5 Å². The zero-order chi connectivity index (χ0) is 10.9. The molecule has 1 saturated carbocycles. The first kappa shape index (κ1) is 10.7. The fourth-order valence-corrected chi connectivity index (χ4v) is 2.17. The molecule has 15 heavy (non-hydrogen) atoms. The topological polar surface area (TPSA) is 38.0 Å². The first-order valence-corrected chi connectivity index (χ1v) is 5.87. The summed E-state index contributed by atoms with van der Waals surface area (Å²) in [5.74, 6) is 1.54. The van der Waals surface area contributed by atoms with Gasteiger partial charge in [0.05, 0.1) is 0 Å². The average Bonchev–Trinajstić information content (AvgIpc) is 2.82. The SMILES string of the molecule is CCCn1ccnc1C(C)(O)CC1CC1. The molecule has 0 radical (unpaired) electrons. The predicted octanol–water partition coefficient (Wildman–Crippen LogP) is 2.30. The molecular formula is C12H20N2O. The van der Waals surface area contributed by atoms with Gasteiger partial charge < -0.3 is 9.67 Å². The van der Waals surface area contributed by atoms with Crippen LogP contribution in [0, 0.1) is 5.92 Å². The smallest absolute Gasteiger partial charge is 0.140 e. The van der Waals surface area contributed by atoms with E-state index < -0.39 is 5.60 Å². The van der Waals surface area contributed by atoms with Crippen LogP contribution in [-0.2, 0) is 12.1 Å².